The van der Waals surface area contributed by atoms with E-state index in [1.807, 2.05) is 0 Å². The minimum atomic E-state index is -0.228. The second-order valence-electron chi connectivity index (χ2n) is 11.9. The van der Waals surface area contributed by atoms with Crippen molar-refractivity contribution in [3.8, 4) is 0 Å². The van der Waals surface area contributed by atoms with Gasteiger partial charge in [0, 0.05) is 5.92 Å². The molecule has 5 saturated carbocycles. The van der Waals surface area contributed by atoms with Crippen molar-refractivity contribution in [2.75, 3.05) is 12.3 Å². The molecule has 0 N–H and O–H groups in total. The van der Waals surface area contributed by atoms with E-state index in [-0.39, 0.29) is 40.6 Å². The first kappa shape index (κ1) is 19.8. The number of imide groups is 1. The lowest BCUT2D eigenvalue weighted by atomic mass is 9.48. The van der Waals surface area contributed by atoms with Crippen LogP contribution in [0.2, 0.25) is 0 Å². The molecular weight excluding hydrogens is 394 g/mol. The first-order valence-corrected chi connectivity index (χ1v) is 13.4. The van der Waals surface area contributed by atoms with Crippen molar-refractivity contribution >= 4 is 28.7 Å². The van der Waals surface area contributed by atoms with E-state index in [1.165, 1.54) is 56.3 Å². The zero-order chi connectivity index (χ0) is 20.8. The maximum atomic E-state index is 13.5. The van der Waals surface area contributed by atoms with E-state index in [9.17, 15) is 14.4 Å². The normalized spacial score (nSPS) is 51.8. The van der Waals surface area contributed by atoms with Gasteiger partial charge in [0.25, 0.3) is 5.24 Å². The molecular formula is C25H35NO3S. The van der Waals surface area contributed by atoms with Gasteiger partial charge in [0.15, 0.2) is 5.78 Å². The minimum Gasteiger partial charge on any atom is -0.297 e. The second-order valence-corrected chi connectivity index (χ2v) is 12.8. The molecule has 6 fully saturated rings. The maximum absolute atomic E-state index is 13.5. The van der Waals surface area contributed by atoms with E-state index < -0.39 is 0 Å². The minimum absolute atomic E-state index is 0.0253. The Morgan fingerprint density at radius 3 is 2.57 bits per heavy atom. The van der Waals surface area contributed by atoms with Gasteiger partial charge in [0.1, 0.15) is 0 Å². The van der Waals surface area contributed by atoms with Crippen LogP contribution in [0.3, 0.4) is 0 Å². The highest BCUT2D eigenvalue weighted by Gasteiger charge is 2.70. The van der Waals surface area contributed by atoms with Crippen molar-refractivity contribution in [1.82, 2.24) is 4.90 Å². The summed E-state index contributed by atoms with van der Waals surface area (Å²) in [4.78, 5) is 38.8. The summed E-state index contributed by atoms with van der Waals surface area (Å²) in [6.45, 7) is 4.87. The summed E-state index contributed by atoms with van der Waals surface area (Å²) < 4.78 is 0. The Labute approximate surface area is 184 Å². The van der Waals surface area contributed by atoms with Crippen LogP contribution in [0.25, 0.3) is 0 Å². The number of Topliss-reactive ketones (excluding diaryl/α,β-unsaturated/α-hetero) is 1. The summed E-state index contributed by atoms with van der Waals surface area (Å²) in [6.07, 6.45) is 10.8. The highest BCUT2D eigenvalue weighted by Crippen LogP contribution is 2.74. The summed E-state index contributed by atoms with van der Waals surface area (Å²) >= 11 is 1.04. The van der Waals surface area contributed by atoms with Crippen molar-refractivity contribution < 1.29 is 14.4 Å². The van der Waals surface area contributed by atoms with E-state index in [0.29, 0.717) is 11.8 Å². The number of amides is 2. The van der Waals surface area contributed by atoms with Crippen molar-refractivity contribution in [1.29, 1.82) is 0 Å². The lowest BCUT2D eigenvalue weighted by Crippen LogP contribution is -2.51. The molecule has 0 spiro atoms. The van der Waals surface area contributed by atoms with Crippen molar-refractivity contribution in [3.63, 3.8) is 0 Å². The molecule has 5 aliphatic carbocycles. The molecule has 1 heterocycles. The summed E-state index contributed by atoms with van der Waals surface area (Å²) in [5.41, 5.74) is 0.0968. The molecule has 6 rings (SSSR count). The van der Waals surface area contributed by atoms with E-state index in [4.69, 9.17) is 0 Å². The van der Waals surface area contributed by atoms with Gasteiger partial charge in [-0.15, -0.1) is 0 Å². The van der Waals surface area contributed by atoms with Crippen LogP contribution < -0.4 is 0 Å². The number of ketones is 1. The molecule has 4 nitrogen and oxygen atoms in total. The lowest BCUT2D eigenvalue weighted by Gasteiger charge is -2.57. The molecule has 0 bridgehead atoms. The Morgan fingerprint density at radius 2 is 1.80 bits per heavy atom. The Kier molecular flexibility index (Phi) is 4.51. The third-order valence-corrected chi connectivity index (χ3v) is 11.4. The molecule has 0 radical (unpaired) electrons. The first-order chi connectivity index (χ1) is 14.4. The number of nitrogens with zero attached hydrogens (tertiary/aromatic N) is 1. The monoisotopic (exact) mass is 429 g/mol. The number of hydrogen-bond acceptors (Lipinski definition) is 4. The molecule has 1 saturated heterocycles. The van der Waals surface area contributed by atoms with Gasteiger partial charge in [-0.3, -0.25) is 19.3 Å². The maximum Gasteiger partial charge on any atom is 0.289 e. The van der Waals surface area contributed by atoms with Gasteiger partial charge < -0.3 is 0 Å². The molecule has 5 heteroatoms. The van der Waals surface area contributed by atoms with Gasteiger partial charge in [-0.1, -0.05) is 32.0 Å². The molecule has 0 aromatic rings. The lowest BCUT2D eigenvalue weighted by molar-refractivity contribution is -0.137. The number of carbonyl (C=O) groups excluding carboxylic acids is 3. The fourth-order valence-electron chi connectivity index (χ4n) is 9.45. The van der Waals surface area contributed by atoms with Crippen molar-refractivity contribution in [2.45, 2.75) is 65.2 Å². The van der Waals surface area contributed by atoms with E-state index in [2.05, 4.69) is 13.8 Å². The van der Waals surface area contributed by atoms with Gasteiger partial charge in [0.05, 0.1) is 12.3 Å². The fraction of sp³-hybridized carbons (Fsp3) is 0.880. The van der Waals surface area contributed by atoms with Crippen LogP contribution in [0.4, 0.5) is 4.79 Å². The number of hydrogen-bond donors (Lipinski definition) is 0. The topological polar surface area (TPSA) is 54.5 Å². The largest absolute Gasteiger partial charge is 0.297 e. The predicted octanol–water partition coefficient (Wildman–Crippen LogP) is 5.01. The third kappa shape index (κ3) is 2.75. The van der Waals surface area contributed by atoms with Crippen molar-refractivity contribution in [2.24, 2.45) is 58.7 Å². The predicted molar refractivity (Wildman–Crippen MR) is 117 cm³/mol. The quantitative estimate of drug-likeness (QED) is 0.633. The Morgan fingerprint density at radius 1 is 1.00 bits per heavy atom. The van der Waals surface area contributed by atoms with Crippen LogP contribution in [0.1, 0.15) is 65.2 Å². The summed E-state index contributed by atoms with van der Waals surface area (Å²) in [5, 5.41) is -0.228. The van der Waals surface area contributed by atoms with Crippen LogP contribution in [-0.2, 0) is 9.59 Å². The molecule has 6 aliphatic rings. The SMILES string of the molecule is CC1CCC2C(CCC3C2CCC2(C)C(C(=O)CN4C(=O)CSC4=O)C4CC4C32)C1. The van der Waals surface area contributed by atoms with E-state index in [1.54, 1.807) is 0 Å². The van der Waals surface area contributed by atoms with Gasteiger partial charge in [0.2, 0.25) is 5.91 Å². The fourth-order valence-corrected chi connectivity index (χ4v) is 10.2. The Balaban J connectivity index is 1.23. The molecule has 0 aromatic heterocycles. The van der Waals surface area contributed by atoms with E-state index >= 15 is 0 Å². The van der Waals surface area contributed by atoms with Gasteiger partial charge in [-0.25, -0.2) is 0 Å². The molecule has 1 aliphatic heterocycles. The van der Waals surface area contributed by atoms with Crippen LogP contribution >= 0.6 is 11.8 Å². The van der Waals surface area contributed by atoms with Crippen LogP contribution in [0.15, 0.2) is 0 Å². The third-order valence-electron chi connectivity index (χ3n) is 10.5. The number of carbonyl (C=O) groups is 3. The molecule has 164 valence electrons. The number of rotatable bonds is 3. The summed E-state index contributed by atoms with van der Waals surface area (Å²) in [5.74, 6) is 6.74. The smallest absolute Gasteiger partial charge is 0.289 e. The second kappa shape index (κ2) is 6.83. The Hall–Kier alpha value is -0.840. The van der Waals surface area contributed by atoms with Gasteiger partial charge in [-0.05, 0) is 97.7 Å². The zero-order valence-corrected chi connectivity index (χ0v) is 19.2. The molecule has 30 heavy (non-hydrogen) atoms. The molecule has 0 aromatic carbocycles. The average molecular weight is 430 g/mol. The summed E-state index contributed by atoms with van der Waals surface area (Å²) in [6, 6.07) is 0. The standard InChI is InChI=1S/C25H35NO3S/c1-13-3-5-15-14(9-13)4-6-17-16(15)7-8-25(2)22(17)18-10-19(18)23(25)20(27)11-26-21(28)12-30-24(26)29/h13-19,22-23H,3-12H2,1-2H3. The highest BCUT2D eigenvalue weighted by atomic mass is 32.2. The Bertz CT molecular complexity index is 781. The van der Waals surface area contributed by atoms with Crippen LogP contribution in [0, 0.1) is 58.7 Å². The van der Waals surface area contributed by atoms with Gasteiger partial charge >= 0.3 is 0 Å². The van der Waals surface area contributed by atoms with Crippen molar-refractivity contribution in [3.05, 3.63) is 0 Å². The number of fused-ring (bicyclic) bond motifs is 7. The summed E-state index contributed by atoms with van der Waals surface area (Å²) in [7, 11) is 0. The van der Waals surface area contributed by atoms with E-state index in [0.717, 1.165) is 47.3 Å². The molecule has 2 amide bonds. The van der Waals surface area contributed by atoms with Gasteiger partial charge in [-0.2, -0.15) is 0 Å². The highest BCUT2D eigenvalue weighted by molar-refractivity contribution is 8.14. The zero-order valence-electron chi connectivity index (χ0n) is 18.3. The van der Waals surface area contributed by atoms with Crippen LogP contribution in [0.5, 0.6) is 0 Å². The van der Waals surface area contributed by atoms with Crippen LogP contribution in [-0.4, -0.2) is 34.1 Å². The molecule has 10 atom stereocenters. The average Bonchev–Trinajstić information content (AvgIpc) is 3.33. The first-order valence-electron chi connectivity index (χ1n) is 12.4. The number of thioether (sulfide) groups is 1. The molecule has 10 unspecified atom stereocenters.